The van der Waals surface area contributed by atoms with E-state index in [4.69, 9.17) is 9.84 Å². The lowest BCUT2D eigenvalue weighted by molar-refractivity contribution is -0.438. The van der Waals surface area contributed by atoms with Crippen LogP contribution in [0, 0.1) is 12.8 Å². The van der Waals surface area contributed by atoms with Crippen molar-refractivity contribution < 1.29 is 88.9 Å². The average Bonchev–Trinajstić information content (AvgIpc) is 1.60. The first-order valence-electron chi connectivity index (χ1n) is 34.7. The number of rotatable bonds is 43. The fraction of sp³-hybridized carbons (Fsp3) is 0.527. The molecular weight excluding hydrogens is 1320 g/mol. The van der Waals surface area contributed by atoms with Gasteiger partial charge < -0.3 is 46.2 Å². The third kappa shape index (κ3) is 25.1. The average molecular weight is 1430 g/mol. The molecule has 0 spiro atoms. The number of carboxylic acids is 3. The van der Waals surface area contributed by atoms with E-state index < -0.39 is 97.0 Å². The number of carboxylic acid groups (broad SMARTS) is 3. The van der Waals surface area contributed by atoms with Gasteiger partial charge in [0.1, 0.15) is 29.9 Å². The minimum Gasteiger partial charge on any atom is -0.481 e. The Morgan fingerprint density at radius 3 is 1.99 bits per heavy atom. The number of benzene rings is 3. The molecule has 6 rings (SSSR count). The summed E-state index contributed by atoms with van der Waals surface area (Å²) >= 11 is 0. The van der Waals surface area contributed by atoms with Gasteiger partial charge in [0.2, 0.25) is 17.5 Å². The number of nitrogens with one attached hydrogen (secondary N) is 4. The largest absolute Gasteiger partial charge is 0.481 e. The lowest BCUT2D eigenvalue weighted by Gasteiger charge is -2.27. The van der Waals surface area contributed by atoms with Crippen molar-refractivity contribution in [1.82, 2.24) is 21.3 Å². The van der Waals surface area contributed by atoms with Crippen LogP contribution in [0.1, 0.15) is 192 Å². The third-order valence-corrected chi connectivity index (χ3v) is 20.1. The van der Waals surface area contributed by atoms with E-state index in [1.165, 1.54) is 0 Å². The number of nitrogens with zero attached hydrogens (tertiary/aromatic N) is 2. The molecule has 4 amide bonds. The number of carbonyl (C=O) groups excluding carboxylic acids is 5. The number of amides is 4. The first-order chi connectivity index (χ1) is 47.3. The molecule has 0 saturated heterocycles. The molecule has 0 radical (unpaired) electrons. The predicted molar refractivity (Wildman–Crippen MR) is 381 cm³/mol. The molecule has 26 heteroatoms. The minimum absolute atomic E-state index is 0.0434. The zero-order chi connectivity index (χ0) is 73.4. The van der Waals surface area contributed by atoms with E-state index >= 15 is 0 Å². The summed E-state index contributed by atoms with van der Waals surface area (Å²) in [6.07, 6.45) is 15.0. The number of para-hydroxylation sites is 1. The maximum Gasteiger partial charge on any atom is 0.326 e. The molecule has 24 nitrogen and oxygen atoms in total. The van der Waals surface area contributed by atoms with Gasteiger partial charge in [-0.3, -0.25) is 37.9 Å². The first-order valence-corrected chi connectivity index (χ1v) is 37.9. The molecule has 2 aliphatic heterocycles. The minimum atomic E-state index is -4.15. The van der Waals surface area contributed by atoms with Crippen molar-refractivity contribution in [2.24, 2.45) is 5.92 Å². The second kappa shape index (κ2) is 37.9. The summed E-state index contributed by atoms with van der Waals surface area (Å²) in [4.78, 5) is 102. The third-order valence-electron chi connectivity index (χ3n) is 18.5. The van der Waals surface area contributed by atoms with E-state index in [9.17, 15) is 74.5 Å². The number of fused-ring (bicyclic) bond motifs is 2. The van der Waals surface area contributed by atoms with Crippen LogP contribution in [0.5, 0.6) is 5.75 Å². The zero-order valence-corrected chi connectivity index (χ0v) is 60.1. The molecular formula is C74H101N6O18S2+. The summed E-state index contributed by atoms with van der Waals surface area (Å²) in [5.74, 6) is -6.18. The Morgan fingerprint density at radius 2 is 1.33 bits per heavy atom. The lowest BCUT2D eigenvalue weighted by atomic mass is 9.81. The van der Waals surface area contributed by atoms with Crippen molar-refractivity contribution in [2.75, 3.05) is 42.6 Å². The highest BCUT2D eigenvalue weighted by molar-refractivity contribution is 7.86. The van der Waals surface area contributed by atoms with Gasteiger partial charge in [0.25, 0.3) is 20.2 Å². The van der Waals surface area contributed by atoms with Crippen LogP contribution in [0.3, 0.4) is 0 Å². The quantitative estimate of drug-likeness (QED) is 0.0144. The fourth-order valence-corrected chi connectivity index (χ4v) is 14.2. The summed E-state index contributed by atoms with van der Waals surface area (Å²) in [7, 11) is -8.30. The van der Waals surface area contributed by atoms with Crippen molar-refractivity contribution in [2.45, 2.75) is 206 Å². The van der Waals surface area contributed by atoms with E-state index in [0.717, 1.165) is 69.9 Å². The second-order valence-corrected chi connectivity index (χ2v) is 30.3. The molecule has 0 unspecified atom stereocenters. The number of urea groups is 1. The standard InChI is InChI=1S/C74H100N6O18S2/c1-7-75-67(84)49-60(77-66(83)27-13-11-9-8-10-12-24-55(81)34-37-59(71(89)90)78-72(91)76-41-21-28-68(85)86)63(82)48-54(70(87)88)47-51-30-35-56(36-31-51)98-69-52(32-39-64-73(3,4)57-25-14-15-26-61(57)79(64)42-16-18-44-99(92,93)94)22-20-23-53(69)33-40-65-74(5,6)58-46-50(2)29-38-62(58)80(65)43-17-19-45-100(95,96)97/h14-15,25-26,29-33,35-36,38-40,46,54,59-60H,7-13,16-24,27-28,34,37,41-45,47-49H2,1-6H3,(H8-,75,76,77,78,83,84,85,86,87,88,89,90,91,92,93,94,95,96,97)/p+1/t54-,59+,60+/m1/s1. The maximum absolute atomic E-state index is 14.0. The van der Waals surface area contributed by atoms with E-state index in [0.29, 0.717) is 81.5 Å². The van der Waals surface area contributed by atoms with Crippen LogP contribution in [-0.2, 0) is 71.0 Å². The summed E-state index contributed by atoms with van der Waals surface area (Å²) in [6, 6.07) is 18.0. The molecule has 100 heavy (non-hydrogen) atoms. The van der Waals surface area contributed by atoms with Crippen molar-refractivity contribution in [3.05, 3.63) is 136 Å². The fourth-order valence-electron chi connectivity index (χ4n) is 13.1. The normalized spacial score (nSPS) is 16.6. The Balaban J connectivity index is 1.15. The Kier molecular flexibility index (Phi) is 30.6. The summed E-state index contributed by atoms with van der Waals surface area (Å²) in [5, 5.41) is 38.8. The topological polar surface area (TPSA) is 370 Å². The zero-order valence-electron chi connectivity index (χ0n) is 58.4. The van der Waals surface area contributed by atoms with Gasteiger partial charge in [0, 0.05) is 92.7 Å². The molecule has 9 N–H and O–H groups in total. The van der Waals surface area contributed by atoms with Crippen molar-refractivity contribution in [3.8, 4) is 5.75 Å². The first kappa shape index (κ1) is 80.6. The van der Waals surface area contributed by atoms with Crippen LogP contribution >= 0.6 is 0 Å². The van der Waals surface area contributed by atoms with Crippen LogP contribution in [0.15, 0.2) is 114 Å². The molecule has 2 heterocycles. The van der Waals surface area contributed by atoms with Gasteiger partial charge in [-0.1, -0.05) is 93.6 Å². The summed E-state index contributed by atoms with van der Waals surface area (Å²) in [5.41, 5.74) is 8.73. The highest BCUT2D eigenvalue weighted by atomic mass is 32.2. The summed E-state index contributed by atoms with van der Waals surface area (Å²) in [6.45, 7) is 13.6. The molecule has 3 aromatic rings. The molecule has 1 aliphatic carbocycles. The van der Waals surface area contributed by atoms with Crippen molar-refractivity contribution in [1.29, 1.82) is 0 Å². The molecule has 3 aliphatic rings. The maximum atomic E-state index is 14.0. The molecule has 0 bridgehead atoms. The molecule has 546 valence electrons. The van der Waals surface area contributed by atoms with Gasteiger partial charge in [0.15, 0.2) is 11.5 Å². The number of ether oxygens (including phenoxy) is 1. The second-order valence-electron chi connectivity index (χ2n) is 27.2. The predicted octanol–water partition coefficient (Wildman–Crippen LogP) is 10.7. The van der Waals surface area contributed by atoms with Crippen LogP contribution in [0.2, 0.25) is 0 Å². The smallest absolute Gasteiger partial charge is 0.326 e. The van der Waals surface area contributed by atoms with Crippen molar-refractivity contribution in [3.63, 3.8) is 0 Å². The van der Waals surface area contributed by atoms with Crippen LogP contribution < -0.4 is 30.9 Å². The van der Waals surface area contributed by atoms with Gasteiger partial charge in [0.05, 0.1) is 35.3 Å². The number of hydrogen-bond acceptors (Lipinski definition) is 14. The Labute approximate surface area is 587 Å². The Bertz CT molecular complexity index is 3830. The number of Topliss-reactive ketones (excluding diaryl/α,β-unsaturated/α-hetero) is 2. The number of hydrogen-bond donors (Lipinski definition) is 9. The number of allylic oxidation sites excluding steroid dienone is 7. The highest BCUT2D eigenvalue weighted by Crippen LogP contribution is 2.49. The SMILES string of the molecule is CCNC(=O)C[C@H](NC(=O)CCCCCCCCC(=O)CC[C@H](NC(=O)NCCCC(=O)O)C(=O)O)C(=O)C[C@@H](Cc1ccc(OC2=C(/C=C/C3=[N+](CCCCS(=O)(=O)O)c4ccccc4C3(C)C)CCC/C2=C\C=C2\N(CCCCS(=O)(=O)O)c3ccc(C)cc3C2(C)C)cc1)C(=O)O. The molecule has 3 atom stereocenters. The Hall–Kier alpha value is -8.33. The van der Waals surface area contributed by atoms with Crippen LogP contribution in [0.25, 0.3) is 0 Å². The van der Waals surface area contributed by atoms with E-state index in [-0.39, 0.29) is 94.6 Å². The van der Waals surface area contributed by atoms with Gasteiger partial charge in [-0.2, -0.15) is 21.4 Å². The van der Waals surface area contributed by atoms with E-state index in [1.807, 2.05) is 31.2 Å². The van der Waals surface area contributed by atoms with Gasteiger partial charge >= 0.3 is 23.9 Å². The number of anilines is 1. The highest BCUT2D eigenvalue weighted by Gasteiger charge is 2.44. The van der Waals surface area contributed by atoms with Gasteiger partial charge in [-0.25, -0.2) is 9.59 Å². The van der Waals surface area contributed by atoms with E-state index in [2.05, 4.69) is 101 Å². The molecule has 0 saturated carbocycles. The number of aryl methyl sites for hydroxylation is 1. The summed E-state index contributed by atoms with van der Waals surface area (Å²) < 4.78 is 75.1. The monoisotopic (exact) mass is 1430 g/mol. The molecule has 0 fully saturated rings. The van der Waals surface area contributed by atoms with Gasteiger partial charge in [-0.15, -0.1) is 0 Å². The van der Waals surface area contributed by atoms with Crippen LogP contribution in [0.4, 0.5) is 16.2 Å². The molecule has 3 aromatic carbocycles. The number of unbranched alkanes of at least 4 members (excludes halogenated alkanes) is 7. The number of ketones is 2. The molecule has 0 aromatic heterocycles. The van der Waals surface area contributed by atoms with E-state index in [1.54, 1.807) is 31.2 Å². The Morgan fingerprint density at radius 1 is 0.660 bits per heavy atom. The van der Waals surface area contributed by atoms with Crippen LogP contribution in [-0.4, -0.2) is 149 Å². The number of carbonyl (C=O) groups is 8. The van der Waals surface area contributed by atoms with Gasteiger partial charge in [-0.05, 0) is 151 Å². The van der Waals surface area contributed by atoms with Crippen molar-refractivity contribution >= 4 is 84.6 Å². The number of aliphatic carboxylic acids is 3. The lowest BCUT2D eigenvalue weighted by Crippen LogP contribution is -2.46.